The average molecular weight is 500 g/mol. The summed E-state index contributed by atoms with van der Waals surface area (Å²) in [5, 5.41) is 18.8. The van der Waals surface area contributed by atoms with Gasteiger partial charge in [-0.05, 0) is 47.5 Å². The summed E-state index contributed by atoms with van der Waals surface area (Å²) in [6, 6.07) is 19.4. The summed E-state index contributed by atoms with van der Waals surface area (Å²) in [4.78, 5) is 19.6. The zero-order chi connectivity index (χ0) is 25.1. The summed E-state index contributed by atoms with van der Waals surface area (Å²) in [6.07, 6.45) is 2.58. The van der Waals surface area contributed by atoms with Crippen LogP contribution in [0.3, 0.4) is 0 Å². The highest BCUT2D eigenvalue weighted by Gasteiger charge is 2.20. The molecule has 8 heteroatoms. The molecular weight excluding hydrogens is 474 g/mol. The molecule has 4 aromatic rings. The van der Waals surface area contributed by atoms with E-state index >= 15 is 0 Å². The first kappa shape index (κ1) is 23.9. The minimum atomic E-state index is -0.128. The molecule has 7 nitrogen and oxygen atoms in total. The van der Waals surface area contributed by atoms with Crippen LogP contribution in [0.1, 0.15) is 22.3 Å². The second-order valence-corrected chi connectivity index (χ2v) is 9.69. The SMILES string of the molecule is CN(CCO)C(=O)c1ccc(-c2cc3nccc(-c4ccc(OC5CCOC5)c(C#N)c4)c3s2)cc1. The number of rotatable bonds is 7. The van der Waals surface area contributed by atoms with Crippen molar-refractivity contribution in [2.75, 3.05) is 33.4 Å². The first-order valence-electron chi connectivity index (χ1n) is 11.7. The quantitative estimate of drug-likeness (QED) is 0.395. The Hall–Kier alpha value is -3.77. The number of fused-ring (bicyclic) bond motifs is 1. The van der Waals surface area contributed by atoms with Crippen molar-refractivity contribution in [1.29, 1.82) is 5.26 Å². The van der Waals surface area contributed by atoms with E-state index in [9.17, 15) is 10.1 Å². The highest BCUT2D eigenvalue weighted by atomic mass is 32.1. The summed E-state index contributed by atoms with van der Waals surface area (Å²) >= 11 is 1.62. The standard InChI is InChI=1S/C28H25N3O4S/c1-31(11-12-32)28(33)19-4-2-18(3-5-19)26-15-24-27(36-26)23(8-10-30-24)20-6-7-25(21(14-20)16-29)35-22-9-13-34-17-22/h2-8,10,14-15,22,32H,9,11-13,17H2,1H3. The van der Waals surface area contributed by atoms with Crippen LogP contribution < -0.4 is 4.74 Å². The van der Waals surface area contributed by atoms with Crippen LogP contribution in [0, 0.1) is 11.3 Å². The molecule has 0 saturated carbocycles. The number of pyridine rings is 1. The second-order valence-electron chi connectivity index (χ2n) is 8.64. The van der Waals surface area contributed by atoms with Crippen molar-refractivity contribution < 1.29 is 19.4 Å². The molecule has 36 heavy (non-hydrogen) atoms. The summed E-state index contributed by atoms with van der Waals surface area (Å²) < 4.78 is 12.4. The predicted octanol–water partition coefficient (Wildman–Crippen LogP) is 4.73. The van der Waals surface area contributed by atoms with Gasteiger partial charge in [0.2, 0.25) is 0 Å². The molecule has 0 aliphatic carbocycles. The Morgan fingerprint density at radius 2 is 2.03 bits per heavy atom. The van der Waals surface area contributed by atoms with Gasteiger partial charge in [0.05, 0.1) is 35.6 Å². The first-order chi connectivity index (χ1) is 17.6. The molecule has 1 fully saturated rings. The molecule has 182 valence electrons. The lowest BCUT2D eigenvalue weighted by atomic mass is 10.0. The van der Waals surface area contributed by atoms with E-state index in [0.29, 0.717) is 36.6 Å². The topological polar surface area (TPSA) is 95.7 Å². The molecule has 1 atom stereocenters. The van der Waals surface area contributed by atoms with Gasteiger partial charge in [0, 0.05) is 42.2 Å². The first-order valence-corrected chi connectivity index (χ1v) is 12.5. The van der Waals surface area contributed by atoms with Crippen molar-refractivity contribution in [2.24, 2.45) is 0 Å². The van der Waals surface area contributed by atoms with Gasteiger partial charge in [-0.1, -0.05) is 18.2 Å². The lowest BCUT2D eigenvalue weighted by Crippen LogP contribution is -2.29. The van der Waals surface area contributed by atoms with Crippen LogP contribution in [-0.4, -0.2) is 60.4 Å². The normalized spacial score (nSPS) is 15.1. The number of aliphatic hydroxyl groups excluding tert-OH is 1. The van der Waals surface area contributed by atoms with Crippen molar-refractivity contribution in [3.8, 4) is 33.4 Å². The molecule has 0 radical (unpaired) electrons. The van der Waals surface area contributed by atoms with Gasteiger partial charge in [-0.3, -0.25) is 9.78 Å². The number of amides is 1. The second kappa shape index (κ2) is 10.5. The molecule has 0 spiro atoms. The molecule has 2 aromatic heterocycles. The number of carbonyl (C=O) groups is 1. The van der Waals surface area contributed by atoms with E-state index in [2.05, 4.69) is 11.1 Å². The number of aromatic nitrogens is 1. The number of hydrogen-bond acceptors (Lipinski definition) is 7. The molecule has 1 aliphatic heterocycles. The number of benzene rings is 2. The average Bonchev–Trinajstić information content (AvgIpc) is 3.58. The van der Waals surface area contributed by atoms with E-state index < -0.39 is 0 Å². The highest BCUT2D eigenvalue weighted by molar-refractivity contribution is 7.22. The van der Waals surface area contributed by atoms with Crippen LogP contribution in [0.25, 0.3) is 31.8 Å². The Bertz CT molecular complexity index is 1440. The van der Waals surface area contributed by atoms with E-state index in [4.69, 9.17) is 14.6 Å². The minimum Gasteiger partial charge on any atom is -0.487 e. The molecule has 2 aromatic carbocycles. The maximum Gasteiger partial charge on any atom is 0.253 e. The summed E-state index contributed by atoms with van der Waals surface area (Å²) in [6.45, 7) is 1.45. The highest BCUT2D eigenvalue weighted by Crippen LogP contribution is 2.39. The van der Waals surface area contributed by atoms with Crippen molar-refractivity contribution in [3.05, 3.63) is 71.9 Å². The van der Waals surface area contributed by atoms with Crippen LogP contribution in [-0.2, 0) is 4.74 Å². The van der Waals surface area contributed by atoms with Gasteiger partial charge in [0.25, 0.3) is 5.91 Å². The fourth-order valence-corrected chi connectivity index (χ4v) is 5.39. The maximum atomic E-state index is 12.5. The molecule has 1 amide bonds. The molecule has 1 N–H and O–H groups in total. The molecule has 1 aliphatic rings. The van der Waals surface area contributed by atoms with Gasteiger partial charge in [-0.25, -0.2) is 0 Å². The van der Waals surface area contributed by atoms with E-state index in [1.165, 1.54) is 4.90 Å². The zero-order valence-electron chi connectivity index (χ0n) is 19.8. The smallest absolute Gasteiger partial charge is 0.253 e. The van der Waals surface area contributed by atoms with Crippen molar-refractivity contribution in [3.63, 3.8) is 0 Å². The van der Waals surface area contributed by atoms with Gasteiger partial charge in [-0.2, -0.15) is 5.26 Å². The molecule has 1 unspecified atom stereocenters. The number of hydrogen-bond donors (Lipinski definition) is 1. The Kier molecular flexibility index (Phi) is 6.96. The molecular formula is C28H25N3O4S. The van der Waals surface area contributed by atoms with Crippen molar-refractivity contribution in [2.45, 2.75) is 12.5 Å². The Balaban J connectivity index is 1.44. The third kappa shape index (κ3) is 4.82. The summed E-state index contributed by atoms with van der Waals surface area (Å²) in [7, 11) is 1.67. The van der Waals surface area contributed by atoms with Gasteiger partial charge >= 0.3 is 0 Å². The van der Waals surface area contributed by atoms with Gasteiger partial charge < -0.3 is 19.5 Å². The number of carbonyl (C=O) groups excluding carboxylic acids is 1. The van der Waals surface area contributed by atoms with Crippen LogP contribution >= 0.6 is 11.3 Å². The number of ether oxygens (including phenoxy) is 2. The largest absolute Gasteiger partial charge is 0.487 e. The van der Waals surface area contributed by atoms with Crippen LogP contribution in [0.15, 0.2) is 60.8 Å². The third-order valence-corrected chi connectivity index (χ3v) is 7.41. The monoisotopic (exact) mass is 499 g/mol. The van der Waals surface area contributed by atoms with E-state index in [1.807, 2.05) is 42.5 Å². The number of aliphatic hydroxyl groups is 1. The summed E-state index contributed by atoms with van der Waals surface area (Å²) in [5.74, 6) is 0.449. The van der Waals surface area contributed by atoms with E-state index in [1.54, 1.807) is 36.7 Å². The number of nitriles is 1. The molecule has 3 heterocycles. The molecule has 5 rings (SSSR count). The Labute approximate surface area is 213 Å². The number of thiophene rings is 1. The Morgan fingerprint density at radius 3 is 2.75 bits per heavy atom. The van der Waals surface area contributed by atoms with E-state index in [0.717, 1.165) is 38.2 Å². The zero-order valence-corrected chi connectivity index (χ0v) is 20.6. The predicted molar refractivity (Wildman–Crippen MR) is 139 cm³/mol. The van der Waals surface area contributed by atoms with Gasteiger partial charge in [0.1, 0.15) is 17.9 Å². The lowest BCUT2D eigenvalue weighted by Gasteiger charge is -2.15. The van der Waals surface area contributed by atoms with Crippen molar-refractivity contribution >= 4 is 27.5 Å². The van der Waals surface area contributed by atoms with Gasteiger partial charge in [-0.15, -0.1) is 11.3 Å². The minimum absolute atomic E-state index is 0.0211. The summed E-state index contributed by atoms with van der Waals surface area (Å²) in [5.41, 5.74) is 4.86. The van der Waals surface area contributed by atoms with Crippen LogP contribution in [0.2, 0.25) is 0 Å². The number of likely N-dealkylation sites (N-methyl/N-ethyl adjacent to an activating group) is 1. The third-order valence-electron chi connectivity index (χ3n) is 6.20. The fraction of sp³-hybridized carbons (Fsp3) is 0.250. The van der Waals surface area contributed by atoms with Crippen molar-refractivity contribution in [1.82, 2.24) is 9.88 Å². The lowest BCUT2D eigenvalue weighted by molar-refractivity contribution is 0.0767. The number of nitrogens with zero attached hydrogens (tertiary/aromatic N) is 3. The van der Waals surface area contributed by atoms with Crippen LogP contribution in [0.4, 0.5) is 0 Å². The van der Waals surface area contributed by atoms with Gasteiger partial charge in [0.15, 0.2) is 0 Å². The molecule has 0 bridgehead atoms. The molecule has 1 saturated heterocycles. The fourth-order valence-electron chi connectivity index (χ4n) is 4.23. The maximum absolute atomic E-state index is 12.5. The van der Waals surface area contributed by atoms with E-state index in [-0.39, 0.29) is 18.6 Å². The Morgan fingerprint density at radius 1 is 1.22 bits per heavy atom. The van der Waals surface area contributed by atoms with Crippen LogP contribution in [0.5, 0.6) is 5.75 Å².